The molecule has 0 saturated heterocycles. The summed E-state index contributed by atoms with van der Waals surface area (Å²) in [5, 5.41) is 2.66. The van der Waals surface area contributed by atoms with Gasteiger partial charge in [0.25, 0.3) is 5.91 Å². The number of nitrogen functional groups attached to an aromatic ring is 1. The maximum atomic E-state index is 13.2. The van der Waals surface area contributed by atoms with Crippen molar-refractivity contribution in [3.05, 3.63) is 29.6 Å². The van der Waals surface area contributed by atoms with Gasteiger partial charge in [0.2, 0.25) is 0 Å². The molecule has 5 heteroatoms. The van der Waals surface area contributed by atoms with Gasteiger partial charge in [0.15, 0.2) is 0 Å². The van der Waals surface area contributed by atoms with Crippen LogP contribution in [-0.4, -0.2) is 25.7 Å². The third-order valence-electron chi connectivity index (χ3n) is 2.63. The maximum absolute atomic E-state index is 13.2. The van der Waals surface area contributed by atoms with E-state index in [1.54, 1.807) is 0 Å². The number of anilines is 1. The van der Waals surface area contributed by atoms with Gasteiger partial charge in [-0.25, -0.2) is 4.39 Å². The highest BCUT2D eigenvalue weighted by Crippen LogP contribution is 2.11. The molecule has 0 aliphatic rings. The average Bonchev–Trinajstić information content (AvgIpc) is 2.36. The highest BCUT2D eigenvalue weighted by molar-refractivity contribution is 5.94. The van der Waals surface area contributed by atoms with Crippen molar-refractivity contribution >= 4 is 11.6 Å². The van der Waals surface area contributed by atoms with E-state index in [4.69, 9.17) is 10.5 Å². The van der Waals surface area contributed by atoms with E-state index >= 15 is 0 Å². The molecule has 1 amide bonds. The van der Waals surface area contributed by atoms with Crippen molar-refractivity contribution < 1.29 is 13.9 Å². The first-order valence-electron chi connectivity index (χ1n) is 6.41. The first kappa shape index (κ1) is 15.4. The summed E-state index contributed by atoms with van der Waals surface area (Å²) >= 11 is 0. The van der Waals surface area contributed by atoms with Gasteiger partial charge in [0, 0.05) is 18.7 Å². The Morgan fingerprint density at radius 1 is 1.42 bits per heavy atom. The number of halogens is 1. The lowest BCUT2D eigenvalue weighted by Crippen LogP contribution is -2.27. The number of carbonyl (C=O) groups excluding carboxylic acids is 1. The second-order valence-electron chi connectivity index (χ2n) is 4.79. The quantitative estimate of drug-likeness (QED) is 0.588. The predicted molar refractivity (Wildman–Crippen MR) is 73.4 cm³/mol. The fraction of sp³-hybridized carbons (Fsp3) is 0.500. The molecule has 0 saturated carbocycles. The van der Waals surface area contributed by atoms with Crippen LogP contribution in [-0.2, 0) is 4.74 Å². The van der Waals surface area contributed by atoms with Crippen molar-refractivity contribution in [2.75, 3.05) is 25.5 Å². The molecule has 3 N–H and O–H groups in total. The number of nitrogens with one attached hydrogen (secondary N) is 1. The van der Waals surface area contributed by atoms with Crippen molar-refractivity contribution in [1.82, 2.24) is 5.32 Å². The summed E-state index contributed by atoms with van der Waals surface area (Å²) in [4.78, 5) is 11.7. The molecule has 0 aliphatic carbocycles. The van der Waals surface area contributed by atoms with E-state index < -0.39 is 5.82 Å². The number of amides is 1. The molecule has 0 aromatic heterocycles. The Labute approximate surface area is 113 Å². The van der Waals surface area contributed by atoms with Crippen LogP contribution in [0.25, 0.3) is 0 Å². The molecule has 4 nitrogen and oxygen atoms in total. The Kier molecular flexibility index (Phi) is 6.29. The molecule has 0 bridgehead atoms. The topological polar surface area (TPSA) is 64.3 Å². The number of ether oxygens (including phenoxy) is 1. The molecule has 0 spiro atoms. The van der Waals surface area contributed by atoms with Crippen molar-refractivity contribution in [3.63, 3.8) is 0 Å². The Bertz CT molecular complexity index is 422. The van der Waals surface area contributed by atoms with Crippen LogP contribution in [0.15, 0.2) is 18.2 Å². The summed E-state index contributed by atoms with van der Waals surface area (Å²) in [5.41, 5.74) is 5.64. The second kappa shape index (κ2) is 7.74. The van der Waals surface area contributed by atoms with Crippen LogP contribution in [0.5, 0.6) is 0 Å². The Morgan fingerprint density at radius 3 is 2.79 bits per heavy atom. The molecule has 19 heavy (non-hydrogen) atoms. The van der Waals surface area contributed by atoms with Crippen LogP contribution in [0.3, 0.4) is 0 Å². The van der Waals surface area contributed by atoms with Crippen molar-refractivity contribution in [1.29, 1.82) is 0 Å². The summed E-state index contributed by atoms with van der Waals surface area (Å²) in [6.07, 6.45) is 0.997. The zero-order valence-electron chi connectivity index (χ0n) is 11.4. The van der Waals surface area contributed by atoms with Gasteiger partial charge in [-0.15, -0.1) is 0 Å². The van der Waals surface area contributed by atoms with Crippen molar-refractivity contribution in [2.45, 2.75) is 20.3 Å². The number of carbonyl (C=O) groups is 1. The van der Waals surface area contributed by atoms with Crippen LogP contribution >= 0.6 is 0 Å². The third-order valence-corrected chi connectivity index (χ3v) is 2.63. The van der Waals surface area contributed by atoms with Crippen LogP contribution in [0.4, 0.5) is 10.1 Å². The lowest BCUT2D eigenvalue weighted by atomic mass is 10.1. The van der Waals surface area contributed by atoms with Crippen molar-refractivity contribution in [3.8, 4) is 0 Å². The van der Waals surface area contributed by atoms with Gasteiger partial charge in [-0.2, -0.15) is 0 Å². The molecule has 0 unspecified atom stereocenters. The Morgan fingerprint density at radius 2 is 2.16 bits per heavy atom. The van der Waals surface area contributed by atoms with Gasteiger partial charge < -0.3 is 15.8 Å². The normalized spacial score (nSPS) is 10.7. The van der Waals surface area contributed by atoms with E-state index in [-0.39, 0.29) is 17.2 Å². The lowest BCUT2D eigenvalue weighted by Gasteiger charge is -2.08. The molecule has 106 valence electrons. The summed E-state index contributed by atoms with van der Waals surface area (Å²) in [6, 6.07) is 4.00. The number of rotatable bonds is 7. The smallest absolute Gasteiger partial charge is 0.251 e. The van der Waals surface area contributed by atoms with Gasteiger partial charge >= 0.3 is 0 Å². The molecular weight excluding hydrogens is 247 g/mol. The SMILES string of the molecule is CC(C)CCOCCNC(=O)c1ccc(N)c(F)c1. The summed E-state index contributed by atoms with van der Waals surface area (Å²) in [6.45, 7) is 5.80. The minimum atomic E-state index is -0.583. The number of nitrogens with two attached hydrogens (primary N) is 1. The van der Waals surface area contributed by atoms with E-state index in [0.29, 0.717) is 25.7 Å². The van der Waals surface area contributed by atoms with Gasteiger partial charge in [-0.3, -0.25) is 4.79 Å². The fourth-order valence-corrected chi connectivity index (χ4v) is 1.43. The minimum absolute atomic E-state index is 0.0357. The van der Waals surface area contributed by atoms with E-state index in [9.17, 15) is 9.18 Å². The van der Waals surface area contributed by atoms with Crippen LogP contribution < -0.4 is 11.1 Å². The Balaban J connectivity index is 2.26. The van der Waals surface area contributed by atoms with E-state index in [2.05, 4.69) is 19.2 Å². The predicted octanol–water partition coefficient (Wildman–Crippen LogP) is 2.20. The summed E-state index contributed by atoms with van der Waals surface area (Å²) < 4.78 is 18.5. The first-order chi connectivity index (χ1) is 9.00. The van der Waals surface area contributed by atoms with E-state index in [1.165, 1.54) is 12.1 Å². The van der Waals surface area contributed by atoms with Crippen LogP contribution in [0.2, 0.25) is 0 Å². The highest BCUT2D eigenvalue weighted by Gasteiger charge is 2.07. The van der Waals surface area contributed by atoms with Crippen LogP contribution in [0, 0.1) is 11.7 Å². The average molecular weight is 268 g/mol. The van der Waals surface area contributed by atoms with Gasteiger partial charge in [0.05, 0.1) is 12.3 Å². The van der Waals surface area contributed by atoms with Crippen molar-refractivity contribution in [2.24, 2.45) is 5.92 Å². The van der Waals surface area contributed by atoms with E-state index in [1.807, 2.05) is 0 Å². The molecular formula is C14H21FN2O2. The van der Waals surface area contributed by atoms with Gasteiger partial charge in [0.1, 0.15) is 5.82 Å². The minimum Gasteiger partial charge on any atom is -0.396 e. The molecule has 0 heterocycles. The molecule has 1 aromatic carbocycles. The molecule has 1 rings (SSSR count). The molecule has 1 aromatic rings. The summed E-state index contributed by atoms with van der Waals surface area (Å²) in [5.74, 6) is -0.306. The zero-order valence-corrected chi connectivity index (χ0v) is 11.4. The standard InChI is InChI=1S/C14H21FN2O2/c1-10(2)5-7-19-8-6-17-14(18)11-3-4-13(16)12(15)9-11/h3-4,9-10H,5-8,16H2,1-2H3,(H,17,18). The maximum Gasteiger partial charge on any atom is 0.251 e. The largest absolute Gasteiger partial charge is 0.396 e. The third kappa shape index (κ3) is 5.70. The number of benzene rings is 1. The Hall–Kier alpha value is -1.62. The van der Waals surface area contributed by atoms with Crippen LogP contribution in [0.1, 0.15) is 30.6 Å². The van der Waals surface area contributed by atoms with Gasteiger partial charge in [-0.05, 0) is 30.5 Å². The van der Waals surface area contributed by atoms with Gasteiger partial charge in [-0.1, -0.05) is 13.8 Å². The lowest BCUT2D eigenvalue weighted by molar-refractivity contribution is 0.0905. The fourth-order valence-electron chi connectivity index (χ4n) is 1.43. The zero-order chi connectivity index (χ0) is 14.3. The highest BCUT2D eigenvalue weighted by atomic mass is 19.1. The molecule has 0 radical (unpaired) electrons. The number of hydrogen-bond acceptors (Lipinski definition) is 3. The molecule has 0 atom stereocenters. The first-order valence-corrected chi connectivity index (χ1v) is 6.41. The monoisotopic (exact) mass is 268 g/mol. The molecule has 0 aliphatic heterocycles. The number of hydrogen-bond donors (Lipinski definition) is 2. The molecule has 0 fully saturated rings. The van der Waals surface area contributed by atoms with E-state index in [0.717, 1.165) is 12.5 Å². The summed E-state index contributed by atoms with van der Waals surface area (Å²) in [7, 11) is 0. The second-order valence-corrected chi connectivity index (χ2v) is 4.79.